The molecule has 1 heterocycles. The molecule has 0 bridgehead atoms. The lowest BCUT2D eigenvalue weighted by Gasteiger charge is -2.30. The predicted molar refractivity (Wildman–Crippen MR) is 112 cm³/mol. The molecule has 1 atom stereocenters. The molecular weight excluding hydrogens is 391 g/mol. The Morgan fingerprint density at radius 3 is 2.28 bits per heavy atom. The van der Waals surface area contributed by atoms with Crippen molar-refractivity contribution in [2.75, 3.05) is 18.4 Å². The molecule has 5 nitrogen and oxygen atoms in total. The van der Waals surface area contributed by atoms with Gasteiger partial charge in [-0.1, -0.05) is 19.1 Å². The maximum atomic E-state index is 13.0. The number of hydrogen-bond acceptors (Lipinski definition) is 4. The lowest BCUT2D eigenvalue weighted by molar-refractivity contribution is -0.115. The molecule has 2 aromatic rings. The lowest BCUT2D eigenvalue weighted by Crippen LogP contribution is -2.33. The molecule has 7 heteroatoms. The van der Waals surface area contributed by atoms with Crippen LogP contribution >= 0.6 is 0 Å². The summed E-state index contributed by atoms with van der Waals surface area (Å²) < 4.78 is 38.2. The van der Waals surface area contributed by atoms with Crippen molar-refractivity contribution >= 4 is 21.4 Å². The van der Waals surface area contributed by atoms with Crippen molar-refractivity contribution in [3.63, 3.8) is 0 Å². The number of nitrogens with zero attached hydrogens (tertiary/aromatic N) is 1. The second-order valence-electron chi connectivity index (χ2n) is 7.79. The van der Waals surface area contributed by atoms with Crippen LogP contribution in [0.25, 0.3) is 0 Å². The fourth-order valence-electron chi connectivity index (χ4n) is 3.39. The fraction of sp³-hybridized carbons (Fsp3) is 0.409. The van der Waals surface area contributed by atoms with Gasteiger partial charge in [0.05, 0.1) is 4.90 Å². The van der Waals surface area contributed by atoms with Crippen LogP contribution in [0.3, 0.4) is 0 Å². The highest BCUT2D eigenvalue weighted by atomic mass is 32.2. The van der Waals surface area contributed by atoms with Gasteiger partial charge in [0, 0.05) is 12.2 Å². The molecule has 0 spiro atoms. The highest BCUT2D eigenvalue weighted by Gasteiger charge is 2.29. The number of benzene rings is 2. The summed E-state index contributed by atoms with van der Waals surface area (Å²) in [6.07, 6.45) is 2.43. The van der Waals surface area contributed by atoms with Crippen LogP contribution in [-0.4, -0.2) is 37.6 Å². The van der Waals surface area contributed by atoms with Gasteiger partial charge in [0.2, 0.25) is 5.91 Å². The van der Waals surface area contributed by atoms with Crippen LogP contribution in [0.2, 0.25) is 0 Å². The fourth-order valence-corrected chi connectivity index (χ4v) is 4.65. The van der Waals surface area contributed by atoms with Gasteiger partial charge in [-0.25, -0.2) is 12.8 Å². The molecule has 0 radical (unpaired) electrons. The molecule has 156 valence electrons. The van der Waals surface area contributed by atoms with Crippen LogP contribution < -0.4 is 5.32 Å². The number of hydrogen-bond donors (Lipinski definition) is 1. The Bertz CT molecular complexity index is 935. The summed E-state index contributed by atoms with van der Waals surface area (Å²) in [6, 6.07) is 12.0. The number of piperidine rings is 1. The summed E-state index contributed by atoms with van der Waals surface area (Å²) in [5.74, 6) is -0.357. The average molecular weight is 419 g/mol. The van der Waals surface area contributed by atoms with Crippen LogP contribution in [0.1, 0.15) is 32.3 Å². The summed E-state index contributed by atoms with van der Waals surface area (Å²) in [5, 5.41) is 1.37. The average Bonchev–Trinajstić information content (AvgIpc) is 2.71. The number of rotatable bonds is 6. The molecule has 0 aliphatic carbocycles. The van der Waals surface area contributed by atoms with E-state index in [1.165, 1.54) is 31.9 Å². The normalized spacial score (nSPS) is 17.1. The van der Waals surface area contributed by atoms with Crippen LogP contribution in [0, 0.1) is 11.7 Å². The van der Waals surface area contributed by atoms with Crippen molar-refractivity contribution in [1.82, 2.24) is 4.90 Å². The molecule has 2 aromatic carbocycles. The minimum absolute atomic E-state index is 0.0762. The van der Waals surface area contributed by atoms with E-state index in [4.69, 9.17) is 0 Å². The Morgan fingerprint density at radius 2 is 1.69 bits per heavy atom. The van der Waals surface area contributed by atoms with Gasteiger partial charge < -0.3 is 5.32 Å². The predicted octanol–water partition coefficient (Wildman–Crippen LogP) is 3.86. The van der Waals surface area contributed by atoms with E-state index in [9.17, 15) is 17.6 Å². The zero-order valence-corrected chi connectivity index (χ0v) is 17.6. The zero-order valence-electron chi connectivity index (χ0n) is 16.8. The summed E-state index contributed by atoms with van der Waals surface area (Å²) in [6.45, 7) is 6.68. The van der Waals surface area contributed by atoms with E-state index in [-0.39, 0.29) is 4.90 Å². The first kappa shape index (κ1) is 21.5. The van der Waals surface area contributed by atoms with Gasteiger partial charge in [-0.05, 0) is 80.7 Å². The third-order valence-corrected chi connectivity index (χ3v) is 7.55. The molecule has 29 heavy (non-hydrogen) atoms. The van der Waals surface area contributed by atoms with Crippen molar-refractivity contribution in [1.29, 1.82) is 0 Å². The smallest absolute Gasteiger partial charge is 0.242 e. The molecule has 1 fully saturated rings. The van der Waals surface area contributed by atoms with Crippen molar-refractivity contribution in [3.05, 3.63) is 59.9 Å². The summed E-state index contributed by atoms with van der Waals surface area (Å²) in [7, 11) is -3.89. The molecule has 1 aliphatic rings. The van der Waals surface area contributed by atoms with Gasteiger partial charge >= 0.3 is 0 Å². The Morgan fingerprint density at radius 1 is 1.10 bits per heavy atom. The minimum atomic E-state index is -3.89. The number of anilines is 1. The van der Waals surface area contributed by atoms with Gasteiger partial charge in [0.15, 0.2) is 9.84 Å². The first-order valence-corrected chi connectivity index (χ1v) is 11.4. The van der Waals surface area contributed by atoms with E-state index in [1.807, 2.05) is 12.1 Å². The number of sulfone groups is 1. The van der Waals surface area contributed by atoms with Gasteiger partial charge in [-0.2, -0.15) is 0 Å². The number of nitrogens with one attached hydrogen (secondary N) is 1. The van der Waals surface area contributed by atoms with Crippen LogP contribution in [0.5, 0.6) is 0 Å². The molecule has 0 aromatic heterocycles. The Kier molecular flexibility index (Phi) is 6.70. The molecule has 1 unspecified atom stereocenters. The SMILES string of the molecule is CC1CCN(Cc2ccc(NC(=O)C(C)S(=O)(=O)c3ccc(F)cc3)cc2)CC1. The van der Waals surface area contributed by atoms with Gasteiger partial charge in [-0.15, -0.1) is 0 Å². The third-order valence-electron chi connectivity index (χ3n) is 5.48. The second kappa shape index (κ2) is 9.05. The zero-order chi connectivity index (χ0) is 21.0. The molecule has 1 aliphatic heterocycles. The van der Waals surface area contributed by atoms with E-state index in [2.05, 4.69) is 17.1 Å². The van der Waals surface area contributed by atoms with E-state index in [0.717, 1.165) is 43.2 Å². The lowest BCUT2D eigenvalue weighted by atomic mass is 9.99. The van der Waals surface area contributed by atoms with Crippen LogP contribution in [0.4, 0.5) is 10.1 Å². The topological polar surface area (TPSA) is 66.5 Å². The quantitative estimate of drug-likeness (QED) is 0.724. The summed E-state index contributed by atoms with van der Waals surface area (Å²) >= 11 is 0. The summed E-state index contributed by atoms with van der Waals surface area (Å²) in [4.78, 5) is 14.8. The Labute approximate surface area is 171 Å². The molecule has 1 amide bonds. The molecule has 1 saturated heterocycles. The largest absolute Gasteiger partial charge is 0.325 e. The van der Waals surface area contributed by atoms with Crippen molar-refractivity contribution < 1.29 is 17.6 Å². The van der Waals surface area contributed by atoms with E-state index >= 15 is 0 Å². The summed E-state index contributed by atoms with van der Waals surface area (Å²) in [5.41, 5.74) is 1.71. The molecule has 3 rings (SSSR count). The van der Waals surface area contributed by atoms with Crippen LogP contribution in [-0.2, 0) is 21.2 Å². The number of likely N-dealkylation sites (tertiary alicyclic amines) is 1. The van der Waals surface area contributed by atoms with E-state index < -0.39 is 26.8 Å². The molecule has 1 N–H and O–H groups in total. The maximum absolute atomic E-state index is 13.0. The monoisotopic (exact) mass is 418 g/mol. The minimum Gasteiger partial charge on any atom is -0.325 e. The van der Waals surface area contributed by atoms with Crippen molar-refractivity contribution in [2.24, 2.45) is 5.92 Å². The van der Waals surface area contributed by atoms with Gasteiger partial charge in [0.25, 0.3) is 0 Å². The van der Waals surface area contributed by atoms with Crippen molar-refractivity contribution in [2.45, 2.75) is 43.4 Å². The Hall–Kier alpha value is -2.25. The van der Waals surface area contributed by atoms with Gasteiger partial charge in [-0.3, -0.25) is 9.69 Å². The van der Waals surface area contributed by atoms with Crippen molar-refractivity contribution in [3.8, 4) is 0 Å². The van der Waals surface area contributed by atoms with E-state index in [1.54, 1.807) is 12.1 Å². The molecule has 0 saturated carbocycles. The Balaban J connectivity index is 1.60. The molecular formula is C22H27FN2O3S. The highest BCUT2D eigenvalue weighted by molar-refractivity contribution is 7.92. The second-order valence-corrected chi connectivity index (χ2v) is 10.1. The number of carbonyl (C=O) groups is 1. The van der Waals surface area contributed by atoms with Crippen LogP contribution in [0.15, 0.2) is 53.4 Å². The standard InChI is InChI=1S/C22H27FN2O3S/c1-16-11-13-25(14-12-16)15-18-3-7-20(8-4-18)24-22(26)17(2)29(27,28)21-9-5-19(23)6-10-21/h3-10,16-17H,11-15H2,1-2H3,(H,24,26). The number of amides is 1. The number of halogens is 1. The van der Waals surface area contributed by atoms with Gasteiger partial charge in [0.1, 0.15) is 11.1 Å². The maximum Gasteiger partial charge on any atom is 0.242 e. The third kappa shape index (κ3) is 5.42. The first-order valence-electron chi connectivity index (χ1n) is 9.87. The van der Waals surface area contributed by atoms with E-state index in [0.29, 0.717) is 5.69 Å². The highest BCUT2D eigenvalue weighted by Crippen LogP contribution is 2.20. The first-order chi connectivity index (χ1) is 13.8. The number of carbonyl (C=O) groups excluding carboxylic acids is 1.